The van der Waals surface area contributed by atoms with Crippen LogP contribution in [0.4, 0.5) is 0 Å². The zero-order valence-electron chi connectivity index (χ0n) is 21.7. The molecule has 1 saturated carbocycles. The second-order valence-electron chi connectivity index (χ2n) is 11.2. The number of aliphatic carboxylic acids is 1. The third kappa shape index (κ3) is 5.00. The normalized spacial score (nSPS) is 23.7. The fourth-order valence-electron chi connectivity index (χ4n) is 6.84. The molecule has 1 fully saturated rings. The second-order valence-corrected chi connectivity index (χ2v) is 12.2. The number of fused-ring (bicyclic) bond motifs is 1. The van der Waals surface area contributed by atoms with E-state index < -0.39 is 29.9 Å². The van der Waals surface area contributed by atoms with Gasteiger partial charge in [0, 0.05) is 35.6 Å². The SMILES string of the molecule is O=C(Cc1csc2ccccc12)NC(C(=O)N[C@H]1CCc2ccn3c2C1C(=O)C[C@H](C(=O)O)C3)C1CCCC1. The van der Waals surface area contributed by atoms with Gasteiger partial charge in [0.2, 0.25) is 11.8 Å². The van der Waals surface area contributed by atoms with Crippen LogP contribution in [-0.2, 0) is 38.6 Å². The standard InChI is InChI=1S/C30H33N3O5S/c34-23-13-19(30(37)38)15-33-12-11-18-9-10-22(26(23)28(18)33)31-29(36)27(17-5-1-2-6-17)32-25(35)14-20-16-39-24-8-4-3-7-21(20)24/h3-4,7-8,11-12,16-17,19,22,26-27H,1-2,5-6,9-10,13-15H2,(H,31,36)(H,32,35)(H,37,38)/t19-,22-,26?,27?/m0/s1. The van der Waals surface area contributed by atoms with E-state index in [4.69, 9.17) is 0 Å². The van der Waals surface area contributed by atoms with E-state index >= 15 is 0 Å². The molecule has 2 aromatic heterocycles. The zero-order valence-corrected chi connectivity index (χ0v) is 22.5. The van der Waals surface area contributed by atoms with Crippen molar-refractivity contribution in [3.05, 3.63) is 58.7 Å². The van der Waals surface area contributed by atoms with Gasteiger partial charge < -0.3 is 20.3 Å². The van der Waals surface area contributed by atoms with Gasteiger partial charge >= 0.3 is 5.97 Å². The van der Waals surface area contributed by atoms with Gasteiger partial charge in [0.05, 0.1) is 18.3 Å². The van der Waals surface area contributed by atoms with Crippen LogP contribution in [-0.4, -0.2) is 45.3 Å². The summed E-state index contributed by atoms with van der Waals surface area (Å²) >= 11 is 1.61. The average molecular weight is 548 g/mol. The molecule has 0 saturated heterocycles. The van der Waals surface area contributed by atoms with Crippen molar-refractivity contribution in [2.45, 2.75) is 75.9 Å². The number of nitrogens with zero attached hydrogens (tertiary/aromatic N) is 1. The number of hydrogen-bond acceptors (Lipinski definition) is 5. The topological polar surface area (TPSA) is 118 Å². The lowest BCUT2D eigenvalue weighted by molar-refractivity contribution is -0.144. The quantitative estimate of drug-likeness (QED) is 0.416. The van der Waals surface area contributed by atoms with Gasteiger partial charge in [-0.3, -0.25) is 19.2 Å². The van der Waals surface area contributed by atoms with E-state index in [1.165, 1.54) is 0 Å². The van der Waals surface area contributed by atoms with E-state index in [1.54, 1.807) is 11.3 Å². The number of carbonyl (C=O) groups excluding carboxylic acids is 3. The van der Waals surface area contributed by atoms with Crippen molar-refractivity contribution in [3.63, 3.8) is 0 Å². The Bertz CT molecular complexity index is 1440. The van der Waals surface area contributed by atoms with Crippen LogP contribution in [0.2, 0.25) is 0 Å². The lowest BCUT2D eigenvalue weighted by Gasteiger charge is -2.34. The molecule has 2 aliphatic carbocycles. The molecule has 8 nitrogen and oxygen atoms in total. The van der Waals surface area contributed by atoms with Gasteiger partial charge in [0.1, 0.15) is 11.8 Å². The third-order valence-electron chi connectivity index (χ3n) is 8.79. The molecule has 4 atom stereocenters. The third-order valence-corrected chi connectivity index (χ3v) is 9.80. The lowest BCUT2D eigenvalue weighted by Crippen LogP contribution is -2.55. The Kier molecular flexibility index (Phi) is 7.01. The Morgan fingerprint density at radius 2 is 1.90 bits per heavy atom. The Hall–Kier alpha value is -3.46. The van der Waals surface area contributed by atoms with E-state index in [9.17, 15) is 24.3 Å². The van der Waals surface area contributed by atoms with Crippen molar-refractivity contribution in [3.8, 4) is 0 Å². The Labute approximate surface area is 230 Å². The second kappa shape index (κ2) is 10.6. The van der Waals surface area contributed by atoms with Crippen molar-refractivity contribution >= 4 is 45.0 Å². The number of aryl methyl sites for hydroxylation is 1. The van der Waals surface area contributed by atoms with Gasteiger partial charge in [-0.25, -0.2) is 0 Å². The Balaban J connectivity index is 1.21. The molecule has 3 heterocycles. The van der Waals surface area contributed by atoms with E-state index in [1.807, 2.05) is 46.5 Å². The van der Waals surface area contributed by atoms with Crippen molar-refractivity contribution in [1.29, 1.82) is 0 Å². The van der Waals surface area contributed by atoms with Crippen molar-refractivity contribution < 1.29 is 24.3 Å². The van der Waals surface area contributed by atoms with Gasteiger partial charge in [0.15, 0.2) is 0 Å². The van der Waals surface area contributed by atoms with Gasteiger partial charge in [-0.05, 0) is 65.6 Å². The number of amides is 2. The summed E-state index contributed by atoms with van der Waals surface area (Å²) in [7, 11) is 0. The van der Waals surface area contributed by atoms with E-state index in [0.717, 1.165) is 52.6 Å². The summed E-state index contributed by atoms with van der Waals surface area (Å²) in [4.78, 5) is 52.2. The molecule has 3 N–H and O–H groups in total. The molecule has 39 heavy (non-hydrogen) atoms. The molecule has 6 rings (SSSR count). The largest absolute Gasteiger partial charge is 0.481 e. The molecule has 1 aromatic carbocycles. The van der Waals surface area contributed by atoms with Crippen LogP contribution < -0.4 is 10.6 Å². The molecule has 9 heteroatoms. The maximum atomic E-state index is 13.8. The monoisotopic (exact) mass is 547 g/mol. The smallest absolute Gasteiger partial charge is 0.308 e. The van der Waals surface area contributed by atoms with E-state index in [2.05, 4.69) is 10.6 Å². The summed E-state index contributed by atoms with van der Waals surface area (Å²) < 4.78 is 3.02. The van der Waals surface area contributed by atoms with Crippen LogP contribution in [0.25, 0.3) is 10.1 Å². The highest BCUT2D eigenvalue weighted by Crippen LogP contribution is 2.38. The molecular formula is C30H33N3O5S. The molecule has 0 bridgehead atoms. The minimum absolute atomic E-state index is 0.0507. The highest BCUT2D eigenvalue weighted by atomic mass is 32.1. The number of carboxylic acids is 1. The van der Waals surface area contributed by atoms with Crippen LogP contribution >= 0.6 is 11.3 Å². The van der Waals surface area contributed by atoms with Gasteiger partial charge in [-0.1, -0.05) is 31.0 Å². The number of hydrogen-bond donors (Lipinski definition) is 3. The highest BCUT2D eigenvalue weighted by Gasteiger charge is 2.43. The summed E-state index contributed by atoms with van der Waals surface area (Å²) in [6, 6.07) is 8.87. The first-order valence-electron chi connectivity index (χ1n) is 13.9. The Morgan fingerprint density at radius 3 is 2.69 bits per heavy atom. The van der Waals surface area contributed by atoms with Crippen molar-refractivity contribution in [2.75, 3.05) is 0 Å². The molecule has 3 aliphatic rings. The first-order valence-corrected chi connectivity index (χ1v) is 14.7. The fourth-order valence-corrected chi connectivity index (χ4v) is 7.81. The molecule has 0 spiro atoms. The number of aromatic nitrogens is 1. The molecule has 204 valence electrons. The molecule has 3 aromatic rings. The van der Waals surface area contributed by atoms with Gasteiger partial charge in [-0.2, -0.15) is 0 Å². The number of benzene rings is 1. The van der Waals surface area contributed by atoms with Crippen LogP contribution in [0.1, 0.15) is 61.3 Å². The predicted molar refractivity (Wildman–Crippen MR) is 148 cm³/mol. The maximum Gasteiger partial charge on any atom is 0.308 e. The van der Waals surface area contributed by atoms with Crippen LogP contribution in [0.5, 0.6) is 0 Å². The molecule has 1 aliphatic heterocycles. The summed E-state index contributed by atoms with van der Waals surface area (Å²) in [5.74, 6) is -2.85. The summed E-state index contributed by atoms with van der Waals surface area (Å²) in [5, 5.41) is 18.9. The summed E-state index contributed by atoms with van der Waals surface area (Å²) in [5.41, 5.74) is 2.84. The van der Waals surface area contributed by atoms with Gasteiger partial charge in [-0.15, -0.1) is 11.3 Å². The maximum absolute atomic E-state index is 13.8. The average Bonchev–Trinajstić information content (AvgIpc) is 3.66. The van der Waals surface area contributed by atoms with Gasteiger partial charge in [0.25, 0.3) is 0 Å². The fraction of sp³-hybridized carbons (Fsp3) is 0.467. The minimum atomic E-state index is -0.979. The van der Waals surface area contributed by atoms with Crippen molar-refractivity contribution in [2.24, 2.45) is 11.8 Å². The summed E-state index contributed by atoms with van der Waals surface area (Å²) in [6.07, 6.45) is 7.13. The summed E-state index contributed by atoms with van der Waals surface area (Å²) in [6.45, 7) is 0.256. The van der Waals surface area contributed by atoms with Crippen LogP contribution in [0.15, 0.2) is 41.9 Å². The first kappa shape index (κ1) is 25.8. The number of nitrogens with one attached hydrogen (secondary N) is 2. The van der Waals surface area contributed by atoms with Crippen LogP contribution in [0, 0.1) is 11.8 Å². The number of rotatable bonds is 7. The molecule has 2 amide bonds. The molecule has 0 radical (unpaired) electrons. The Morgan fingerprint density at radius 1 is 1.10 bits per heavy atom. The molecule has 2 unspecified atom stereocenters. The first-order chi connectivity index (χ1) is 18.9. The number of ketones is 1. The van der Waals surface area contributed by atoms with Crippen molar-refractivity contribution in [1.82, 2.24) is 15.2 Å². The minimum Gasteiger partial charge on any atom is -0.481 e. The number of Topliss-reactive ketones (excluding diaryl/α,β-unsaturated/α-hetero) is 1. The predicted octanol–water partition coefficient (Wildman–Crippen LogP) is 3.81. The molecular weight excluding hydrogens is 514 g/mol. The van der Waals surface area contributed by atoms with E-state index in [0.29, 0.717) is 12.8 Å². The lowest BCUT2D eigenvalue weighted by atomic mass is 9.79. The number of carbonyl (C=O) groups is 4. The highest BCUT2D eigenvalue weighted by molar-refractivity contribution is 7.17. The zero-order chi connectivity index (χ0) is 27.1. The van der Waals surface area contributed by atoms with Crippen LogP contribution in [0.3, 0.4) is 0 Å². The van der Waals surface area contributed by atoms with E-state index in [-0.39, 0.29) is 42.9 Å². The number of thiophene rings is 1. The number of carboxylic acid groups (broad SMARTS) is 1.